The number of aromatic nitrogens is 2. The van der Waals surface area contributed by atoms with Gasteiger partial charge in [-0.2, -0.15) is 0 Å². The molecule has 0 fully saturated rings. The Balaban J connectivity index is 1.96. The van der Waals surface area contributed by atoms with Crippen LogP contribution in [0.5, 0.6) is 5.75 Å². The fraction of sp³-hybridized carbons (Fsp3) is 0.348. The Labute approximate surface area is 176 Å². The van der Waals surface area contributed by atoms with Gasteiger partial charge in [-0.1, -0.05) is 32.0 Å². The van der Waals surface area contributed by atoms with Gasteiger partial charge in [0.2, 0.25) is 0 Å². The van der Waals surface area contributed by atoms with Crippen molar-refractivity contribution in [3.63, 3.8) is 0 Å². The third kappa shape index (κ3) is 5.17. The van der Waals surface area contributed by atoms with Crippen LogP contribution in [0.25, 0.3) is 16.9 Å². The lowest BCUT2D eigenvalue weighted by molar-refractivity contribution is -0.141. The largest absolute Gasteiger partial charge is 0.465 e. The number of benzene rings is 1. The molecule has 2 heterocycles. The first-order chi connectivity index (χ1) is 14.4. The third-order valence-corrected chi connectivity index (χ3v) is 4.39. The monoisotopic (exact) mass is 409 g/mol. The number of pyridine rings is 1. The van der Waals surface area contributed by atoms with Gasteiger partial charge in [0.1, 0.15) is 29.5 Å². The topological polar surface area (TPSA) is 81.9 Å². The number of ether oxygens (including phenoxy) is 2. The first-order valence-corrected chi connectivity index (χ1v) is 10.1. The molecule has 0 amide bonds. The smallest absolute Gasteiger partial charge is 0.325 e. The number of esters is 2. The number of carbonyl (C=O) groups excluding carboxylic acids is 2. The van der Waals surface area contributed by atoms with Gasteiger partial charge >= 0.3 is 11.9 Å². The maximum atomic E-state index is 12.0. The zero-order valence-corrected chi connectivity index (χ0v) is 17.8. The van der Waals surface area contributed by atoms with Gasteiger partial charge in [-0.05, 0) is 43.5 Å². The second kappa shape index (κ2) is 9.43. The molecule has 0 aliphatic heterocycles. The normalized spacial score (nSPS) is 11.0. The molecule has 7 heteroatoms. The summed E-state index contributed by atoms with van der Waals surface area (Å²) < 4.78 is 12.4. The highest BCUT2D eigenvalue weighted by atomic mass is 16.5. The predicted molar refractivity (Wildman–Crippen MR) is 116 cm³/mol. The van der Waals surface area contributed by atoms with E-state index in [1.807, 2.05) is 55.6 Å². The zero-order valence-electron chi connectivity index (χ0n) is 17.8. The highest BCUT2D eigenvalue weighted by Crippen LogP contribution is 2.31. The Morgan fingerprint density at radius 1 is 1.17 bits per heavy atom. The van der Waals surface area contributed by atoms with Crippen molar-refractivity contribution in [1.82, 2.24) is 9.38 Å². The molecule has 0 unspecified atom stereocenters. The molecule has 0 aliphatic rings. The molecule has 1 aromatic carbocycles. The van der Waals surface area contributed by atoms with Gasteiger partial charge in [-0.3, -0.25) is 14.0 Å². The number of anilines is 1. The number of hydrogen-bond donors (Lipinski definition) is 1. The highest BCUT2D eigenvalue weighted by molar-refractivity contribution is 5.81. The van der Waals surface area contributed by atoms with E-state index in [4.69, 9.17) is 14.5 Å². The number of aryl methyl sites for hydroxylation is 1. The van der Waals surface area contributed by atoms with Gasteiger partial charge < -0.3 is 14.8 Å². The van der Waals surface area contributed by atoms with Crippen molar-refractivity contribution < 1.29 is 19.1 Å². The molecule has 0 atom stereocenters. The van der Waals surface area contributed by atoms with Crippen molar-refractivity contribution >= 4 is 23.4 Å². The molecular formula is C23H27N3O4. The molecular weight excluding hydrogens is 382 g/mol. The molecule has 0 bridgehead atoms. The highest BCUT2D eigenvalue weighted by Gasteiger charge is 2.17. The number of fused-ring (bicyclic) bond motifs is 1. The molecule has 3 rings (SSSR count). The molecule has 0 saturated carbocycles. The van der Waals surface area contributed by atoms with Crippen molar-refractivity contribution in [2.45, 2.75) is 34.1 Å². The summed E-state index contributed by atoms with van der Waals surface area (Å²) in [7, 11) is 0. The fourth-order valence-corrected chi connectivity index (χ4v) is 3.10. The molecule has 3 aromatic rings. The second-order valence-corrected chi connectivity index (χ2v) is 7.50. The minimum atomic E-state index is -0.345. The Morgan fingerprint density at radius 2 is 1.97 bits per heavy atom. The first-order valence-electron chi connectivity index (χ1n) is 10.1. The van der Waals surface area contributed by atoms with Gasteiger partial charge in [-0.25, -0.2) is 4.98 Å². The fourth-order valence-electron chi connectivity index (χ4n) is 3.10. The van der Waals surface area contributed by atoms with E-state index in [0.29, 0.717) is 30.3 Å². The second-order valence-electron chi connectivity index (χ2n) is 7.50. The van der Waals surface area contributed by atoms with E-state index in [2.05, 4.69) is 5.32 Å². The van der Waals surface area contributed by atoms with E-state index in [1.165, 1.54) is 0 Å². The molecule has 158 valence electrons. The lowest BCUT2D eigenvalue weighted by Crippen LogP contribution is -2.18. The number of rotatable bonds is 8. The van der Waals surface area contributed by atoms with Crippen molar-refractivity contribution in [2.75, 3.05) is 18.5 Å². The summed E-state index contributed by atoms with van der Waals surface area (Å²) in [5.74, 6) is 0.743. The summed E-state index contributed by atoms with van der Waals surface area (Å²) in [6.45, 7) is 8.04. The van der Waals surface area contributed by atoms with Crippen LogP contribution in [0.4, 0.5) is 5.82 Å². The molecule has 30 heavy (non-hydrogen) atoms. The van der Waals surface area contributed by atoms with Crippen LogP contribution < -0.4 is 10.1 Å². The number of nitrogens with one attached hydrogen (secondary N) is 1. The van der Waals surface area contributed by atoms with Crippen LogP contribution in [0.15, 0.2) is 42.6 Å². The van der Waals surface area contributed by atoms with Crippen molar-refractivity contribution in [1.29, 1.82) is 0 Å². The van der Waals surface area contributed by atoms with Gasteiger partial charge in [0.05, 0.1) is 6.61 Å². The summed E-state index contributed by atoms with van der Waals surface area (Å²) in [5.41, 5.74) is 3.23. The van der Waals surface area contributed by atoms with Gasteiger partial charge in [-0.15, -0.1) is 0 Å². The van der Waals surface area contributed by atoms with Gasteiger partial charge in [0.15, 0.2) is 0 Å². The third-order valence-electron chi connectivity index (χ3n) is 4.39. The summed E-state index contributed by atoms with van der Waals surface area (Å²) in [4.78, 5) is 28.7. The minimum absolute atomic E-state index is 0.0195. The predicted octanol–water partition coefficient (Wildman–Crippen LogP) is 4.24. The molecule has 0 aliphatic carbocycles. The van der Waals surface area contributed by atoms with E-state index in [1.54, 1.807) is 19.1 Å². The van der Waals surface area contributed by atoms with Crippen molar-refractivity contribution in [3.05, 3.63) is 48.2 Å². The summed E-state index contributed by atoms with van der Waals surface area (Å²) in [6, 6.07) is 11.1. The van der Waals surface area contributed by atoms with Crippen LogP contribution in [-0.4, -0.2) is 34.5 Å². The summed E-state index contributed by atoms with van der Waals surface area (Å²) in [5, 5.41) is 3.15. The van der Waals surface area contributed by atoms with Crippen LogP contribution in [0.2, 0.25) is 0 Å². The van der Waals surface area contributed by atoms with Crippen LogP contribution in [0, 0.1) is 12.8 Å². The standard InChI is InChI=1S/C23H27N3O4/c1-5-29-21(28)13-24-23-22(25-19-10-9-16(4)14-26(19)23)17-7-6-8-18(12-17)30-20(27)11-15(2)3/h6-10,12,14-15,24H,5,11,13H2,1-4H3. The number of hydrogen-bond acceptors (Lipinski definition) is 6. The summed E-state index contributed by atoms with van der Waals surface area (Å²) in [6.07, 6.45) is 2.30. The van der Waals surface area contributed by atoms with Crippen LogP contribution in [0.3, 0.4) is 0 Å². The van der Waals surface area contributed by atoms with Gasteiger partial charge in [0, 0.05) is 18.2 Å². The zero-order chi connectivity index (χ0) is 21.7. The quantitative estimate of drug-likeness (QED) is 0.443. The number of imidazole rings is 1. The average Bonchev–Trinajstić information content (AvgIpc) is 3.04. The Morgan fingerprint density at radius 3 is 2.70 bits per heavy atom. The van der Waals surface area contributed by atoms with E-state index in [0.717, 1.165) is 16.8 Å². The van der Waals surface area contributed by atoms with Crippen molar-refractivity contribution in [3.8, 4) is 17.0 Å². The first kappa shape index (κ1) is 21.4. The average molecular weight is 409 g/mol. The lowest BCUT2D eigenvalue weighted by Gasteiger charge is -2.10. The lowest BCUT2D eigenvalue weighted by atomic mass is 10.1. The van der Waals surface area contributed by atoms with Crippen LogP contribution in [0.1, 0.15) is 32.8 Å². The molecule has 7 nitrogen and oxygen atoms in total. The number of nitrogens with zero attached hydrogens (tertiary/aromatic N) is 2. The summed E-state index contributed by atoms with van der Waals surface area (Å²) >= 11 is 0. The molecule has 0 spiro atoms. The molecule has 0 radical (unpaired) electrons. The van der Waals surface area contributed by atoms with E-state index >= 15 is 0 Å². The maximum absolute atomic E-state index is 12.0. The maximum Gasteiger partial charge on any atom is 0.325 e. The van der Waals surface area contributed by atoms with E-state index in [-0.39, 0.29) is 24.4 Å². The SMILES string of the molecule is CCOC(=O)CNc1c(-c2cccc(OC(=O)CC(C)C)c2)nc2ccc(C)cn12. The number of carbonyl (C=O) groups is 2. The molecule has 1 N–H and O–H groups in total. The molecule has 2 aromatic heterocycles. The van der Waals surface area contributed by atoms with Crippen LogP contribution in [-0.2, 0) is 14.3 Å². The van der Waals surface area contributed by atoms with E-state index in [9.17, 15) is 9.59 Å². The van der Waals surface area contributed by atoms with E-state index < -0.39 is 0 Å². The Kier molecular flexibility index (Phi) is 6.72. The minimum Gasteiger partial charge on any atom is -0.465 e. The van der Waals surface area contributed by atoms with Crippen molar-refractivity contribution in [2.24, 2.45) is 5.92 Å². The van der Waals surface area contributed by atoms with Crippen LogP contribution >= 0.6 is 0 Å². The Hall–Kier alpha value is -3.35. The molecule has 0 saturated heterocycles. The Bertz CT molecular complexity index is 1060. The van der Waals surface area contributed by atoms with Gasteiger partial charge in [0.25, 0.3) is 0 Å².